The van der Waals surface area contributed by atoms with Gasteiger partial charge in [-0.3, -0.25) is 4.98 Å². The summed E-state index contributed by atoms with van der Waals surface area (Å²) in [5.41, 5.74) is 11.6. The topological polar surface area (TPSA) is 63.6 Å². The molecule has 5 heteroatoms. The maximum absolute atomic E-state index is 5.28. The summed E-state index contributed by atoms with van der Waals surface area (Å²) in [7, 11) is 0. The minimum absolute atomic E-state index is 0.0172. The second-order valence-corrected chi connectivity index (χ2v) is 12.5. The van der Waals surface area contributed by atoms with Crippen molar-refractivity contribution in [3.63, 3.8) is 0 Å². The number of nitrogens with one attached hydrogen (secondary N) is 1. The minimum atomic E-state index is -0.0172. The van der Waals surface area contributed by atoms with Gasteiger partial charge in [-0.05, 0) is 101 Å². The van der Waals surface area contributed by atoms with Crippen LogP contribution in [0, 0.1) is 0 Å². The molecule has 1 unspecified atom stereocenters. The first-order chi connectivity index (χ1) is 23.8. The molecule has 3 heterocycles. The number of nitrogens with zero attached hydrogens (tertiary/aromatic N) is 4. The van der Waals surface area contributed by atoms with E-state index < -0.39 is 0 Å². The molecule has 0 spiro atoms. The van der Waals surface area contributed by atoms with Crippen LogP contribution in [-0.2, 0) is 0 Å². The molecule has 234 valence electrons. The zero-order chi connectivity index (χ0) is 32.1. The lowest BCUT2D eigenvalue weighted by molar-refractivity contribution is 0.755. The van der Waals surface area contributed by atoms with Gasteiger partial charge in [-0.2, -0.15) is 0 Å². The summed E-state index contributed by atoms with van der Waals surface area (Å²) in [6, 6.07) is 27.4. The summed E-state index contributed by atoms with van der Waals surface area (Å²) < 4.78 is 0. The largest absolute Gasteiger partial charge is 0.381 e. The maximum Gasteiger partial charge on any atom is 0.163 e. The predicted molar refractivity (Wildman–Crippen MR) is 196 cm³/mol. The van der Waals surface area contributed by atoms with Crippen LogP contribution in [-0.4, -0.2) is 26.5 Å². The van der Waals surface area contributed by atoms with Gasteiger partial charge in [0.2, 0.25) is 0 Å². The highest BCUT2D eigenvalue weighted by atomic mass is 15.0. The number of benzene rings is 2. The maximum atomic E-state index is 5.28. The highest BCUT2D eigenvalue weighted by Crippen LogP contribution is 2.39. The lowest BCUT2D eigenvalue weighted by Crippen LogP contribution is -2.18. The second-order valence-electron chi connectivity index (χ2n) is 12.5. The van der Waals surface area contributed by atoms with Crippen LogP contribution < -0.4 is 5.32 Å². The molecule has 0 saturated heterocycles. The van der Waals surface area contributed by atoms with E-state index in [4.69, 9.17) is 15.0 Å². The molecule has 0 amide bonds. The van der Waals surface area contributed by atoms with Crippen molar-refractivity contribution in [3.05, 3.63) is 185 Å². The average Bonchev–Trinajstić information content (AvgIpc) is 3.19. The summed E-state index contributed by atoms with van der Waals surface area (Å²) in [6.07, 6.45) is 26.5. The lowest BCUT2D eigenvalue weighted by Gasteiger charge is -2.23. The zero-order valence-electron chi connectivity index (χ0n) is 26.9. The van der Waals surface area contributed by atoms with Gasteiger partial charge in [0.25, 0.3) is 0 Å². The van der Waals surface area contributed by atoms with E-state index in [2.05, 4.69) is 132 Å². The summed E-state index contributed by atoms with van der Waals surface area (Å²) >= 11 is 0. The molecule has 4 aliphatic rings. The van der Waals surface area contributed by atoms with E-state index in [1.807, 2.05) is 18.3 Å². The van der Waals surface area contributed by atoms with Crippen molar-refractivity contribution >= 4 is 27.9 Å². The minimum Gasteiger partial charge on any atom is -0.381 e. The predicted octanol–water partition coefficient (Wildman–Crippen LogP) is 9.33. The molecule has 1 N–H and O–H groups in total. The fourth-order valence-corrected chi connectivity index (χ4v) is 6.81. The van der Waals surface area contributed by atoms with Crippen LogP contribution in [0.15, 0.2) is 151 Å². The fourth-order valence-electron chi connectivity index (χ4n) is 6.81. The monoisotopic (exact) mass is 623 g/mol. The van der Waals surface area contributed by atoms with Crippen molar-refractivity contribution in [2.24, 2.45) is 0 Å². The third-order valence-electron chi connectivity index (χ3n) is 9.26. The van der Waals surface area contributed by atoms with Crippen LogP contribution in [0.2, 0.25) is 0 Å². The number of dihydropyridines is 1. The standard InChI is InChI=1S/C43H37N5/c1-3-13-30(14-4-1)36-27-37(31-15-5-2-6-16-31)29-38(28-36)43-47-41(34-19-11-17-32(25-34)39-21-7-9-23-44-39)46-42(48-43)35-20-12-18-33(26-35)40-22-8-10-24-45-40/h1-10,13-17,20-23,25-28,38,45H,11-12,18-19,24,29H2. The normalized spacial score (nSPS) is 19.1. The van der Waals surface area contributed by atoms with E-state index in [1.165, 1.54) is 33.5 Å². The van der Waals surface area contributed by atoms with Crippen molar-refractivity contribution < 1.29 is 0 Å². The Labute approximate surface area is 282 Å². The lowest BCUT2D eigenvalue weighted by atomic mass is 9.84. The highest BCUT2D eigenvalue weighted by molar-refractivity contribution is 5.87. The molecule has 5 nitrogen and oxygen atoms in total. The molecule has 8 rings (SSSR count). The van der Waals surface area contributed by atoms with Crippen molar-refractivity contribution in [1.29, 1.82) is 0 Å². The molecule has 4 aromatic rings. The Morgan fingerprint density at radius 2 is 1.33 bits per heavy atom. The first-order valence-electron chi connectivity index (χ1n) is 16.9. The van der Waals surface area contributed by atoms with Gasteiger partial charge in [-0.15, -0.1) is 0 Å². The van der Waals surface area contributed by atoms with E-state index in [0.717, 1.165) is 78.5 Å². The van der Waals surface area contributed by atoms with Crippen LogP contribution in [0.3, 0.4) is 0 Å². The van der Waals surface area contributed by atoms with E-state index in [9.17, 15) is 0 Å². The highest BCUT2D eigenvalue weighted by Gasteiger charge is 2.25. The molecule has 2 aromatic carbocycles. The molecule has 0 saturated carbocycles. The Bertz CT molecular complexity index is 2080. The van der Waals surface area contributed by atoms with Crippen molar-refractivity contribution in [3.8, 4) is 0 Å². The summed E-state index contributed by atoms with van der Waals surface area (Å²) in [5.74, 6) is 2.27. The molecular formula is C43H37N5. The quantitative estimate of drug-likeness (QED) is 0.222. The molecule has 1 aliphatic heterocycles. The third-order valence-corrected chi connectivity index (χ3v) is 9.26. The van der Waals surface area contributed by atoms with Crippen LogP contribution in [0.1, 0.15) is 72.3 Å². The Balaban J connectivity index is 1.25. The van der Waals surface area contributed by atoms with Crippen molar-refractivity contribution in [2.75, 3.05) is 6.54 Å². The van der Waals surface area contributed by atoms with E-state index in [0.29, 0.717) is 0 Å². The summed E-state index contributed by atoms with van der Waals surface area (Å²) in [5, 5.41) is 3.54. The first-order valence-corrected chi connectivity index (χ1v) is 16.9. The van der Waals surface area contributed by atoms with Crippen LogP contribution in [0.5, 0.6) is 0 Å². The second kappa shape index (κ2) is 13.6. The summed E-state index contributed by atoms with van der Waals surface area (Å²) in [4.78, 5) is 20.4. The SMILES string of the molecule is C1=CCNC(C2=CC(c3nc(C4=CC(c5ccccn5)=CCC4)nc(C4C=C(c5ccccc5)C=C(c5ccccc5)C4)n3)=CCC2)=C1. The number of rotatable bonds is 7. The van der Waals surface area contributed by atoms with E-state index in [1.54, 1.807) is 0 Å². The Hall–Kier alpha value is -5.68. The van der Waals surface area contributed by atoms with Gasteiger partial charge in [-0.1, -0.05) is 103 Å². The molecule has 1 atom stereocenters. The third kappa shape index (κ3) is 6.45. The van der Waals surface area contributed by atoms with Crippen LogP contribution in [0.25, 0.3) is 27.9 Å². The number of allylic oxidation sites excluding steroid dienone is 14. The van der Waals surface area contributed by atoms with Crippen LogP contribution in [0.4, 0.5) is 0 Å². The van der Waals surface area contributed by atoms with Gasteiger partial charge < -0.3 is 5.32 Å². The number of aromatic nitrogens is 4. The van der Waals surface area contributed by atoms with Gasteiger partial charge in [0.05, 0.1) is 5.69 Å². The molecule has 48 heavy (non-hydrogen) atoms. The van der Waals surface area contributed by atoms with Crippen molar-refractivity contribution in [1.82, 2.24) is 25.3 Å². The molecule has 2 aromatic heterocycles. The average molecular weight is 624 g/mol. The van der Waals surface area contributed by atoms with Gasteiger partial charge in [-0.25, -0.2) is 15.0 Å². The van der Waals surface area contributed by atoms with Crippen molar-refractivity contribution in [2.45, 2.75) is 38.0 Å². The smallest absolute Gasteiger partial charge is 0.163 e. The van der Waals surface area contributed by atoms with E-state index >= 15 is 0 Å². The molecule has 0 radical (unpaired) electrons. The Kier molecular flexibility index (Phi) is 8.41. The van der Waals surface area contributed by atoms with Gasteiger partial charge >= 0.3 is 0 Å². The molecule has 0 bridgehead atoms. The first kappa shape index (κ1) is 29.7. The van der Waals surface area contributed by atoms with Gasteiger partial charge in [0.15, 0.2) is 11.6 Å². The number of hydrogen-bond acceptors (Lipinski definition) is 5. The Morgan fingerprint density at radius 3 is 2.10 bits per heavy atom. The number of pyridine rings is 1. The molecular weight excluding hydrogens is 587 g/mol. The molecule has 0 fully saturated rings. The van der Waals surface area contributed by atoms with Crippen LogP contribution >= 0.6 is 0 Å². The van der Waals surface area contributed by atoms with Gasteiger partial charge in [0, 0.05) is 29.9 Å². The zero-order valence-corrected chi connectivity index (χ0v) is 26.9. The Morgan fingerprint density at radius 1 is 0.625 bits per heavy atom. The summed E-state index contributed by atoms with van der Waals surface area (Å²) in [6.45, 7) is 0.845. The fraction of sp³-hybridized carbons (Fsp3) is 0.163. The molecule has 3 aliphatic carbocycles. The number of hydrogen-bond donors (Lipinski definition) is 1. The van der Waals surface area contributed by atoms with Gasteiger partial charge in [0.1, 0.15) is 5.82 Å². The van der Waals surface area contributed by atoms with E-state index in [-0.39, 0.29) is 5.92 Å².